The van der Waals surface area contributed by atoms with Crippen LogP contribution >= 0.6 is 15.9 Å². The number of alkyl halides is 1. The summed E-state index contributed by atoms with van der Waals surface area (Å²) in [4.78, 5) is 11.3. The van der Waals surface area contributed by atoms with Gasteiger partial charge in [-0.05, 0) is 23.6 Å². The maximum absolute atomic E-state index is 11.3. The Kier molecular flexibility index (Phi) is 6.63. The molecule has 0 atom stereocenters. The van der Waals surface area contributed by atoms with Crippen LogP contribution in [0.5, 0.6) is 0 Å². The molecule has 0 heterocycles. The molecule has 2 nitrogen and oxygen atoms in total. The molecule has 0 N–H and O–H groups in total. The summed E-state index contributed by atoms with van der Waals surface area (Å²) in [6, 6.07) is 8.01. The molecule has 0 saturated heterocycles. The smallest absolute Gasteiger partial charge is 0.330 e. The van der Waals surface area contributed by atoms with Crippen molar-refractivity contribution in [2.24, 2.45) is 0 Å². The largest absolute Gasteiger partial charge is 0.463 e. The van der Waals surface area contributed by atoms with Crippen molar-refractivity contribution in [3.63, 3.8) is 0 Å². The second kappa shape index (κ2) is 8.07. The fourth-order valence-electron chi connectivity index (χ4n) is 1.25. The highest BCUT2D eigenvalue weighted by molar-refractivity contribution is 9.08. The van der Waals surface area contributed by atoms with Crippen LogP contribution in [-0.2, 0) is 14.9 Å². The maximum Gasteiger partial charge on any atom is 0.330 e. The standard InChI is InChI=1S/C14H17BrO2/c1-2-3-10-17-14(16)9-8-12-4-6-13(11-15)7-5-12/h4-9H,2-3,10-11H2,1H3/b9-8+. The molecule has 0 radical (unpaired) electrons. The van der Waals surface area contributed by atoms with Crippen LogP contribution in [0.3, 0.4) is 0 Å². The van der Waals surface area contributed by atoms with Crippen LogP contribution in [0, 0.1) is 0 Å². The Bertz CT molecular complexity index is 368. The SMILES string of the molecule is CCCCOC(=O)/C=C/c1ccc(CBr)cc1. The Morgan fingerprint density at radius 1 is 1.35 bits per heavy atom. The van der Waals surface area contributed by atoms with E-state index in [0.717, 1.165) is 23.7 Å². The fourth-order valence-corrected chi connectivity index (χ4v) is 1.62. The van der Waals surface area contributed by atoms with Crippen molar-refractivity contribution < 1.29 is 9.53 Å². The molecule has 3 heteroatoms. The van der Waals surface area contributed by atoms with E-state index in [-0.39, 0.29) is 5.97 Å². The van der Waals surface area contributed by atoms with Crippen LogP contribution in [0.1, 0.15) is 30.9 Å². The number of hydrogen-bond donors (Lipinski definition) is 0. The van der Waals surface area contributed by atoms with Crippen LogP contribution in [0.4, 0.5) is 0 Å². The number of ether oxygens (including phenoxy) is 1. The molecule has 0 aliphatic rings. The van der Waals surface area contributed by atoms with Gasteiger partial charge in [0, 0.05) is 11.4 Å². The molecule has 1 aromatic carbocycles. The number of unbranched alkanes of at least 4 members (excludes halogenated alkanes) is 1. The highest BCUT2D eigenvalue weighted by Gasteiger charge is 1.96. The minimum Gasteiger partial charge on any atom is -0.463 e. The van der Waals surface area contributed by atoms with Crippen LogP contribution in [-0.4, -0.2) is 12.6 Å². The van der Waals surface area contributed by atoms with Gasteiger partial charge >= 0.3 is 5.97 Å². The third kappa shape index (κ3) is 5.68. The minimum absolute atomic E-state index is 0.275. The summed E-state index contributed by atoms with van der Waals surface area (Å²) in [5.41, 5.74) is 2.22. The van der Waals surface area contributed by atoms with E-state index in [9.17, 15) is 4.79 Å². The van der Waals surface area contributed by atoms with Gasteiger partial charge in [-0.1, -0.05) is 53.5 Å². The van der Waals surface area contributed by atoms with Gasteiger partial charge in [-0.15, -0.1) is 0 Å². The Hall–Kier alpha value is -1.09. The average molecular weight is 297 g/mol. The fraction of sp³-hybridized carbons (Fsp3) is 0.357. The molecule has 0 unspecified atom stereocenters. The first-order valence-electron chi connectivity index (χ1n) is 5.76. The number of esters is 1. The van der Waals surface area contributed by atoms with E-state index in [0.29, 0.717) is 6.61 Å². The molecule has 17 heavy (non-hydrogen) atoms. The number of carbonyl (C=O) groups excluding carboxylic acids is 1. The number of halogens is 1. The zero-order chi connectivity index (χ0) is 12.5. The Balaban J connectivity index is 2.43. The molecule has 0 saturated carbocycles. The second-order valence-electron chi connectivity index (χ2n) is 3.73. The topological polar surface area (TPSA) is 26.3 Å². The first-order valence-corrected chi connectivity index (χ1v) is 6.88. The van der Waals surface area contributed by atoms with Crippen molar-refractivity contribution in [1.82, 2.24) is 0 Å². The molecule has 0 spiro atoms. The van der Waals surface area contributed by atoms with Crippen molar-refractivity contribution >= 4 is 28.0 Å². The average Bonchev–Trinajstić information content (AvgIpc) is 2.37. The van der Waals surface area contributed by atoms with Gasteiger partial charge in [-0.25, -0.2) is 4.79 Å². The van der Waals surface area contributed by atoms with E-state index in [1.165, 1.54) is 11.6 Å². The predicted octanol–water partition coefficient (Wildman–Crippen LogP) is 3.94. The lowest BCUT2D eigenvalue weighted by Crippen LogP contribution is -2.01. The Morgan fingerprint density at radius 3 is 2.65 bits per heavy atom. The van der Waals surface area contributed by atoms with Gasteiger partial charge < -0.3 is 4.74 Å². The van der Waals surface area contributed by atoms with E-state index in [1.54, 1.807) is 6.08 Å². The molecule has 0 amide bonds. The third-order valence-corrected chi connectivity index (χ3v) is 2.94. The van der Waals surface area contributed by atoms with Crippen LogP contribution < -0.4 is 0 Å². The summed E-state index contributed by atoms with van der Waals surface area (Å²) in [7, 11) is 0. The van der Waals surface area contributed by atoms with Gasteiger partial charge in [0.2, 0.25) is 0 Å². The normalized spacial score (nSPS) is 10.7. The number of carbonyl (C=O) groups is 1. The molecule has 0 aromatic heterocycles. The first kappa shape index (κ1) is 14.0. The minimum atomic E-state index is -0.275. The van der Waals surface area contributed by atoms with Crippen molar-refractivity contribution in [2.75, 3.05) is 6.61 Å². The molecule has 1 aromatic rings. The highest BCUT2D eigenvalue weighted by Crippen LogP contribution is 2.09. The Morgan fingerprint density at radius 2 is 2.06 bits per heavy atom. The van der Waals surface area contributed by atoms with E-state index in [4.69, 9.17) is 4.74 Å². The monoisotopic (exact) mass is 296 g/mol. The van der Waals surface area contributed by atoms with E-state index < -0.39 is 0 Å². The molecule has 0 fully saturated rings. The van der Waals surface area contributed by atoms with E-state index in [1.807, 2.05) is 24.3 Å². The van der Waals surface area contributed by atoms with Crippen LogP contribution in [0.25, 0.3) is 6.08 Å². The third-order valence-electron chi connectivity index (χ3n) is 2.29. The van der Waals surface area contributed by atoms with Crippen molar-refractivity contribution in [3.8, 4) is 0 Å². The maximum atomic E-state index is 11.3. The van der Waals surface area contributed by atoms with Gasteiger partial charge in [0.05, 0.1) is 6.61 Å². The summed E-state index contributed by atoms with van der Waals surface area (Å²) in [6.45, 7) is 2.57. The van der Waals surface area contributed by atoms with Crippen LogP contribution in [0.15, 0.2) is 30.3 Å². The number of rotatable bonds is 6. The first-order chi connectivity index (χ1) is 8.26. The van der Waals surface area contributed by atoms with Crippen molar-refractivity contribution in [2.45, 2.75) is 25.1 Å². The van der Waals surface area contributed by atoms with Gasteiger partial charge in [0.15, 0.2) is 0 Å². The zero-order valence-electron chi connectivity index (χ0n) is 9.99. The Labute approximate surface area is 111 Å². The molecule has 92 valence electrons. The van der Waals surface area contributed by atoms with Crippen molar-refractivity contribution in [3.05, 3.63) is 41.5 Å². The van der Waals surface area contributed by atoms with Gasteiger partial charge in [-0.2, -0.15) is 0 Å². The van der Waals surface area contributed by atoms with E-state index in [2.05, 4.69) is 22.9 Å². The molecular formula is C14H17BrO2. The summed E-state index contributed by atoms with van der Waals surface area (Å²) < 4.78 is 5.02. The molecule has 0 bridgehead atoms. The molecular weight excluding hydrogens is 280 g/mol. The van der Waals surface area contributed by atoms with Crippen molar-refractivity contribution in [1.29, 1.82) is 0 Å². The summed E-state index contributed by atoms with van der Waals surface area (Å²) in [5.74, 6) is -0.275. The van der Waals surface area contributed by atoms with Crippen LogP contribution in [0.2, 0.25) is 0 Å². The summed E-state index contributed by atoms with van der Waals surface area (Å²) in [6.07, 6.45) is 5.19. The van der Waals surface area contributed by atoms with Gasteiger partial charge in [-0.3, -0.25) is 0 Å². The predicted molar refractivity (Wildman–Crippen MR) is 74.0 cm³/mol. The number of benzene rings is 1. The second-order valence-corrected chi connectivity index (χ2v) is 4.29. The quantitative estimate of drug-likeness (QED) is 0.344. The molecule has 0 aliphatic carbocycles. The number of hydrogen-bond acceptors (Lipinski definition) is 2. The molecule has 1 rings (SSSR count). The lowest BCUT2D eigenvalue weighted by molar-refractivity contribution is -0.137. The summed E-state index contributed by atoms with van der Waals surface area (Å²) in [5, 5.41) is 0.843. The van der Waals surface area contributed by atoms with Gasteiger partial charge in [0.25, 0.3) is 0 Å². The molecule has 0 aliphatic heterocycles. The van der Waals surface area contributed by atoms with Gasteiger partial charge in [0.1, 0.15) is 0 Å². The summed E-state index contributed by atoms with van der Waals surface area (Å²) >= 11 is 3.39. The lowest BCUT2D eigenvalue weighted by Gasteiger charge is -1.99. The zero-order valence-corrected chi connectivity index (χ0v) is 11.6. The highest BCUT2D eigenvalue weighted by atomic mass is 79.9. The van der Waals surface area contributed by atoms with E-state index >= 15 is 0 Å². The lowest BCUT2D eigenvalue weighted by atomic mass is 10.1.